The minimum absolute atomic E-state index is 0.0710. The Morgan fingerprint density at radius 1 is 1.10 bits per heavy atom. The van der Waals surface area contributed by atoms with Gasteiger partial charge in [0.2, 0.25) is 5.91 Å². The fourth-order valence-electron chi connectivity index (χ4n) is 3.96. The molecule has 0 aliphatic carbocycles. The number of aryl methyl sites for hydroxylation is 1. The molecule has 0 saturated carbocycles. The summed E-state index contributed by atoms with van der Waals surface area (Å²) in [5.41, 5.74) is 4.15. The zero-order valence-corrected chi connectivity index (χ0v) is 18.6. The molecule has 2 aromatic rings. The van der Waals surface area contributed by atoms with Crippen LogP contribution >= 0.6 is 0 Å². The lowest BCUT2D eigenvalue weighted by Gasteiger charge is -2.28. The lowest BCUT2D eigenvalue weighted by Crippen LogP contribution is -2.36. The van der Waals surface area contributed by atoms with E-state index in [0.29, 0.717) is 28.2 Å². The van der Waals surface area contributed by atoms with Crippen molar-refractivity contribution < 1.29 is 19.1 Å². The van der Waals surface area contributed by atoms with Gasteiger partial charge in [0.1, 0.15) is 0 Å². The van der Waals surface area contributed by atoms with Crippen LogP contribution in [0.25, 0.3) is 0 Å². The van der Waals surface area contributed by atoms with E-state index in [-0.39, 0.29) is 30.6 Å². The number of ketones is 2. The quantitative estimate of drug-likeness (QED) is 0.630. The highest BCUT2D eigenvalue weighted by atomic mass is 16.5. The molecule has 1 amide bonds. The average molecular weight is 427 g/mol. The van der Waals surface area contributed by atoms with Crippen LogP contribution in [-0.2, 0) is 9.53 Å². The van der Waals surface area contributed by atoms with Crippen LogP contribution in [0.1, 0.15) is 39.0 Å². The molecule has 0 radical (unpaired) electrons. The van der Waals surface area contributed by atoms with Crippen molar-refractivity contribution in [1.29, 1.82) is 0 Å². The van der Waals surface area contributed by atoms with Gasteiger partial charge in [0.25, 0.3) is 0 Å². The summed E-state index contributed by atoms with van der Waals surface area (Å²) in [6.45, 7) is 8.35. The predicted molar refractivity (Wildman–Crippen MR) is 120 cm³/mol. The summed E-state index contributed by atoms with van der Waals surface area (Å²) in [6, 6.07) is 7.72. The number of amides is 1. The number of aromatic nitrogens is 1. The van der Waals surface area contributed by atoms with Gasteiger partial charge < -0.3 is 19.9 Å². The molecule has 1 aromatic carbocycles. The molecular weight excluding hydrogens is 396 g/mol. The summed E-state index contributed by atoms with van der Waals surface area (Å²) in [5, 5.41) is 2.87. The third kappa shape index (κ3) is 5.59. The van der Waals surface area contributed by atoms with E-state index in [2.05, 4.69) is 15.2 Å². The molecule has 1 fully saturated rings. The molecule has 2 heterocycles. The van der Waals surface area contributed by atoms with Gasteiger partial charge in [-0.05, 0) is 57.6 Å². The molecule has 0 unspecified atom stereocenters. The predicted octanol–water partition coefficient (Wildman–Crippen LogP) is 2.42. The molecule has 0 bridgehead atoms. The number of hydrogen-bond donors (Lipinski definition) is 2. The van der Waals surface area contributed by atoms with Crippen LogP contribution in [0, 0.1) is 13.8 Å². The van der Waals surface area contributed by atoms with Crippen LogP contribution < -0.4 is 10.2 Å². The largest absolute Gasteiger partial charge is 0.378 e. The van der Waals surface area contributed by atoms with E-state index in [9.17, 15) is 14.4 Å². The lowest BCUT2D eigenvalue weighted by atomic mass is 10.1. The molecule has 8 nitrogen and oxygen atoms in total. The van der Waals surface area contributed by atoms with E-state index in [4.69, 9.17) is 4.74 Å². The highest BCUT2D eigenvalue weighted by molar-refractivity contribution is 6.04. The first kappa shape index (κ1) is 22.7. The molecule has 2 N–H and O–H groups in total. The van der Waals surface area contributed by atoms with Crippen molar-refractivity contribution in [2.75, 3.05) is 56.7 Å². The number of benzene rings is 1. The Balaban J connectivity index is 1.53. The number of H-pyrrole nitrogens is 1. The number of morpholine rings is 1. The Hall–Kier alpha value is -2.97. The summed E-state index contributed by atoms with van der Waals surface area (Å²) < 4.78 is 5.37. The van der Waals surface area contributed by atoms with Crippen molar-refractivity contribution in [2.45, 2.75) is 20.8 Å². The zero-order chi connectivity index (χ0) is 22.5. The Morgan fingerprint density at radius 3 is 2.32 bits per heavy atom. The Labute approximate surface area is 182 Å². The average Bonchev–Trinajstić information content (AvgIpc) is 3.03. The molecule has 31 heavy (non-hydrogen) atoms. The topological polar surface area (TPSA) is 94.7 Å². The van der Waals surface area contributed by atoms with Crippen molar-refractivity contribution in [3.8, 4) is 0 Å². The van der Waals surface area contributed by atoms with E-state index in [0.717, 1.165) is 32.0 Å². The van der Waals surface area contributed by atoms with Crippen molar-refractivity contribution in [3.63, 3.8) is 0 Å². The highest BCUT2D eigenvalue weighted by Crippen LogP contribution is 2.20. The van der Waals surface area contributed by atoms with E-state index >= 15 is 0 Å². The van der Waals surface area contributed by atoms with Crippen molar-refractivity contribution in [2.24, 2.45) is 0 Å². The molecule has 1 aromatic heterocycles. The van der Waals surface area contributed by atoms with Crippen LogP contribution in [0.3, 0.4) is 0 Å². The lowest BCUT2D eigenvalue weighted by molar-refractivity contribution is -0.116. The fourth-order valence-corrected chi connectivity index (χ4v) is 3.96. The molecular formula is C23H30N4O4. The first-order chi connectivity index (χ1) is 14.8. The molecule has 8 heteroatoms. The van der Waals surface area contributed by atoms with Gasteiger partial charge in [-0.2, -0.15) is 0 Å². The molecule has 166 valence electrons. The summed E-state index contributed by atoms with van der Waals surface area (Å²) in [7, 11) is 1.72. The number of rotatable bonds is 8. The van der Waals surface area contributed by atoms with Gasteiger partial charge in [-0.3, -0.25) is 19.3 Å². The number of anilines is 2. The molecule has 3 rings (SSSR count). The second kappa shape index (κ2) is 9.89. The Kier molecular flexibility index (Phi) is 7.25. The number of likely N-dealkylation sites (N-methyl/N-ethyl adjacent to an activating group) is 1. The zero-order valence-electron chi connectivity index (χ0n) is 18.6. The normalized spacial score (nSPS) is 14.0. The Bertz CT molecular complexity index is 959. The minimum atomic E-state index is -0.196. The maximum atomic E-state index is 12.7. The number of nitrogens with zero attached hydrogens (tertiary/aromatic N) is 2. The third-order valence-electron chi connectivity index (χ3n) is 5.42. The van der Waals surface area contributed by atoms with E-state index in [1.165, 1.54) is 6.92 Å². The summed E-state index contributed by atoms with van der Waals surface area (Å²) >= 11 is 0. The summed E-state index contributed by atoms with van der Waals surface area (Å²) in [5.74, 6) is -0.422. The van der Waals surface area contributed by atoms with Crippen LogP contribution in [-0.4, -0.2) is 73.8 Å². The number of carbonyl (C=O) groups is 3. The number of Topliss-reactive ketones (excluding diaryl/α,β-unsaturated/α-hetero) is 2. The van der Waals surface area contributed by atoms with Crippen LogP contribution in [0.2, 0.25) is 0 Å². The van der Waals surface area contributed by atoms with Crippen molar-refractivity contribution in [3.05, 3.63) is 46.8 Å². The first-order valence-corrected chi connectivity index (χ1v) is 10.4. The minimum Gasteiger partial charge on any atom is -0.378 e. The number of nitrogens with one attached hydrogen (secondary N) is 2. The molecule has 1 aliphatic heterocycles. The second-order valence-corrected chi connectivity index (χ2v) is 7.97. The molecule has 1 saturated heterocycles. The van der Waals surface area contributed by atoms with Gasteiger partial charge in [-0.1, -0.05) is 0 Å². The third-order valence-corrected chi connectivity index (χ3v) is 5.42. The van der Waals surface area contributed by atoms with E-state index < -0.39 is 0 Å². The van der Waals surface area contributed by atoms with Gasteiger partial charge in [0, 0.05) is 35.7 Å². The number of ether oxygens (including phenoxy) is 1. The Morgan fingerprint density at radius 2 is 1.74 bits per heavy atom. The van der Waals surface area contributed by atoms with E-state index in [1.807, 2.05) is 24.3 Å². The highest BCUT2D eigenvalue weighted by Gasteiger charge is 2.21. The number of hydrogen-bond acceptors (Lipinski definition) is 6. The van der Waals surface area contributed by atoms with Gasteiger partial charge in [0.05, 0.1) is 32.0 Å². The van der Waals surface area contributed by atoms with Gasteiger partial charge in [-0.25, -0.2) is 0 Å². The summed E-state index contributed by atoms with van der Waals surface area (Å²) in [4.78, 5) is 43.8. The SMILES string of the molecule is CC(=O)c1c(C)[nH]c(C(=O)CN(C)CC(=O)Nc2ccc(N3CCOCC3)cc2)c1C. The smallest absolute Gasteiger partial charge is 0.238 e. The van der Waals surface area contributed by atoms with Crippen LogP contribution in [0.4, 0.5) is 11.4 Å². The number of aromatic amines is 1. The van der Waals surface area contributed by atoms with Gasteiger partial charge in [-0.15, -0.1) is 0 Å². The van der Waals surface area contributed by atoms with Crippen molar-refractivity contribution >= 4 is 28.8 Å². The van der Waals surface area contributed by atoms with Crippen LogP contribution in [0.5, 0.6) is 0 Å². The maximum absolute atomic E-state index is 12.7. The van der Waals surface area contributed by atoms with E-state index in [1.54, 1.807) is 25.8 Å². The second-order valence-electron chi connectivity index (χ2n) is 7.97. The fraction of sp³-hybridized carbons (Fsp3) is 0.435. The molecule has 0 atom stereocenters. The van der Waals surface area contributed by atoms with Crippen molar-refractivity contribution in [1.82, 2.24) is 9.88 Å². The van der Waals surface area contributed by atoms with Crippen LogP contribution in [0.15, 0.2) is 24.3 Å². The van der Waals surface area contributed by atoms with Gasteiger partial charge in [0.15, 0.2) is 11.6 Å². The summed E-state index contributed by atoms with van der Waals surface area (Å²) in [6.07, 6.45) is 0. The monoisotopic (exact) mass is 426 g/mol. The standard InChI is InChI=1S/C23H30N4O4/c1-15-22(17(3)28)16(2)24-23(15)20(29)13-26(4)14-21(30)25-18-5-7-19(8-6-18)27-9-11-31-12-10-27/h5-8,24H,9-14H2,1-4H3,(H,25,30). The number of carbonyl (C=O) groups excluding carboxylic acids is 3. The maximum Gasteiger partial charge on any atom is 0.238 e. The van der Waals surface area contributed by atoms with Gasteiger partial charge >= 0.3 is 0 Å². The molecule has 1 aliphatic rings. The molecule has 0 spiro atoms. The first-order valence-electron chi connectivity index (χ1n) is 10.4.